The molecule has 3 heterocycles. The number of ether oxygens (including phenoxy) is 1. The van der Waals surface area contributed by atoms with Crippen LogP contribution in [0.2, 0.25) is 0 Å². The highest BCUT2D eigenvalue weighted by Crippen LogP contribution is 2.24. The Morgan fingerprint density at radius 1 is 1.26 bits per heavy atom. The van der Waals surface area contributed by atoms with Crippen LogP contribution in [0, 0.1) is 5.92 Å². The molecule has 2 aromatic heterocycles. The minimum atomic E-state index is -0.890. The van der Waals surface area contributed by atoms with E-state index < -0.39 is 5.60 Å². The van der Waals surface area contributed by atoms with Gasteiger partial charge in [0.2, 0.25) is 0 Å². The van der Waals surface area contributed by atoms with Crippen LogP contribution in [-0.4, -0.2) is 37.8 Å². The van der Waals surface area contributed by atoms with E-state index in [1.165, 1.54) is 0 Å². The summed E-state index contributed by atoms with van der Waals surface area (Å²) in [7, 11) is 0. The largest absolute Gasteiger partial charge is 0.386 e. The van der Waals surface area contributed by atoms with Gasteiger partial charge in [0.05, 0.1) is 17.5 Å². The Morgan fingerprint density at radius 2 is 1.96 bits per heavy atom. The van der Waals surface area contributed by atoms with Crippen molar-refractivity contribution in [3.05, 3.63) is 46.5 Å². The molecule has 1 aliphatic heterocycles. The summed E-state index contributed by atoms with van der Waals surface area (Å²) in [5, 5.41) is 10.1. The Bertz CT molecular complexity index is 993. The van der Waals surface area contributed by atoms with Crippen molar-refractivity contribution in [1.29, 1.82) is 0 Å². The van der Waals surface area contributed by atoms with Crippen LogP contribution in [0.15, 0.2) is 35.3 Å². The van der Waals surface area contributed by atoms with Gasteiger partial charge in [-0.25, -0.2) is 14.8 Å². The van der Waals surface area contributed by atoms with E-state index in [-0.39, 0.29) is 5.69 Å². The van der Waals surface area contributed by atoms with Gasteiger partial charge in [0.1, 0.15) is 0 Å². The maximum absolute atomic E-state index is 12.4. The fourth-order valence-electron chi connectivity index (χ4n) is 3.47. The van der Waals surface area contributed by atoms with E-state index in [1.807, 2.05) is 24.3 Å². The van der Waals surface area contributed by atoms with Crippen LogP contribution in [-0.2, 0) is 16.9 Å². The lowest BCUT2D eigenvalue weighted by molar-refractivity contribution is 0.0613. The van der Waals surface area contributed by atoms with Crippen molar-refractivity contribution in [2.24, 2.45) is 5.92 Å². The number of nitrogens with one attached hydrogen (secondary N) is 1. The van der Waals surface area contributed by atoms with Crippen molar-refractivity contribution < 1.29 is 9.84 Å². The normalized spacial score (nSPS) is 16.1. The van der Waals surface area contributed by atoms with Crippen molar-refractivity contribution in [3.8, 4) is 11.3 Å². The highest BCUT2D eigenvalue weighted by molar-refractivity contribution is 5.70. The summed E-state index contributed by atoms with van der Waals surface area (Å²) in [6.07, 6.45) is 3.56. The molecule has 7 nitrogen and oxygen atoms in total. The minimum absolute atomic E-state index is 0.175. The zero-order valence-electron chi connectivity index (χ0n) is 15.6. The summed E-state index contributed by atoms with van der Waals surface area (Å²) >= 11 is 0. The first kappa shape index (κ1) is 17.9. The summed E-state index contributed by atoms with van der Waals surface area (Å²) in [6, 6.07) is 7.59. The molecule has 0 saturated carbocycles. The molecule has 0 aliphatic carbocycles. The first-order valence-corrected chi connectivity index (χ1v) is 9.28. The zero-order valence-corrected chi connectivity index (χ0v) is 15.6. The van der Waals surface area contributed by atoms with E-state index in [9.17, 15) is 9.90 Å². The van der Waals surface area contributed by atoms with E-state index in [0.29, 0.717) is 29.5 Å². The number of aromatic nitrogens is 4. The molecule has 4 rings (SSSR count). The van der Waals surface area contributed by atoms with Crippen LogP contribution in [0.25, 0.3) is 22.6 Å². The van der Waals surface area contributed by atoms with Crippen LogP contribution in [0.1, 0.15) is 32.3 Å². The Morgan fingerprint density at radius 3 is 2.63 bits per heavy atom. The zero-order chi connectivity index (χ0) is 19.0. The van der Waals surface area contributed by atoms with Gasteiger partial charge in [-0.1, -0.05) is 24.3 Å². The van der Waals surface area contributed by atoms with E-state index >= 15 is 0 Å². The Hall–Kier alpha value is -2.51. The molecule has 0 bridgehead atoms. The predicted octanol–water partition coefficient (Wildman–Crippen LogP) is 2.44. The van der Waals surface area contributed by atoms with E-state index in [0.717, 1.165) is 37.2 Å². The van der Waals surface area contributed by atoms with Gasteiger partial charge in [-0.3, -0.25) is 9.55 Å². The summed E-state index contributed by atoms with van der Waals surface area (Å²) in [5.41, 5.74) is 2.44. The Kier molecular flexibility index (Phi) is 4.57. The third-order valence-electron chi connectivity index (χ3n) is 5.15. The fraction of sp³-hybridized carbons (Fsp3) is 0.450. The molecule has 3 aromatic rings. The van der Waals surface area contributed by atoms with E-state index in [2.05, 4.69) is 9.97 Å². The summed E-state index contributed by atoms with van der Waals surface area (Å²) in [6.45, 7) is 5.61. The topological polar surface area (TPSA) is 93.0 Å². The number of hydrogen-bond donors (Lipinski definition) is 2. The molecule has 1 fully saturated rings. The van der Waals surface area contributed by atoms with Crippen LogP contribution >= 0.6 is 0 Å². The van der Waals surface area contributed by atoms with E-state index in [4.69, 9.17) is 9.72 Å². The van der Waals surface area contributed by atoms with Crippen LogP contribution in [0.3, 0.4) is 0 Å². The quantitative estimate of drug-likeness (QED) is 0.738. The second-order valence-electron chi connectivity index (χ2n) is 7.66. The second kappa shape index (κ2) is 6.90. The number of aliphatic hydroxyl groups is 1. The first-order chi connectivity index (χ1) is 12.9. The van der Waals surface area contributed by atoms with Gasteiger partial charge in [0.25, 0.3) is 0 Å². The molecule has 0 atom stereocenters. The van der Waals surface area contributed by atoms with Crippen LogP contribution in [0.4, 0.5) is 0 Å². The molecule has 142 valence electrons. The van der Waals surface area contributed by atoms with Gasteiger partial charge >= 0.3 is 5.69 Å². The molecule has 0 spiro atoms. The number of imidazole rings is 1. The third-order valence-corrected chi connectivity index (χ3v) is 5.15. The molecule has 1 saturated heterocycles. The molecule has 1 aliphatic rings. The van der Waals surface area contributed by atoms with Crippen LogP contribution in [0.5, 0.6) is 0 Å². The standard InChI is InChI=1S/C20H24N4O3/c1-20(2,26)15-5-3-14(4-6-15)16-11-21-17-18(22-16)24(19(25)23-17)12-13-7-9-27-10-8-13/h3-6,11,13,26H,7-10,12H2,1-2H3,(H,21,23,25). The maximum Gasteiger partial charge on any atom is 0.328 e. The molecule has 1 aromatic carbocycles. The molecular formula is C20H24N4O3. The Balaban J connectivity index is 1.68. The molecule has 2 N–H and O–H groups in total. The molecule has 0 unspecified atom stereocenters. The number of aromatic amines is 1. The minimum Gasteiger partial charge on any atom is -0.386 e. The number of rotatable bonds is 4. The number of nitrogens with zero attached hydrogens (tertiary/aromatic N) is 3. The van der Waals surface area contributed by atoms with Gasteiger partial charge in [-0.2, -0.15) is 0 Å². The summed E-state index contributed by atoms with van der Waals surface area (Å²) in [4.78, 5) is 24.3. The molecule has 0 amide bonds. The molecule has 27 heavy (non-hydrogen) atoms. The van der Waals surface area contributed by atoms with Gasteiger partial charge in [-0.05, 0) is 38.2 Å². The van der Waals surface area contributed by atoms with Crippen molar-refractivity contribution in [2.45, 2.75) is 38.8 Å². The van der Waals surface area contributed by atoms with Crippen molar-refractivity contribution >= 4 is 11.3 Å². The average molecular weight is 368 g/mol. The van der Waals surface area contributed by atoms with Crippen LogP contribution < -0.4 is 5.69 Å². The van der Waals surface area contributed by atoms with E-state index in [1.54, 1.807) is 24.6 Å². The monoisotopic (exact) mass is 368 g/mol. The summed E-state index contributed by atoms with van der Waals surface area (Å²) < 4.78 is 7.09. The smallest absolute Gasteiger partial charge is 0.328 e. The number of benzene rings is 1. The van der Waals surface area contributed by atoms with Gasteiger partial charge in [0, 0.05) is 25.3 Å². The van der Waals surface area contributed by atoms with Crippen molar-refractivity contribution in [2.75, 3.05) is 13.2 Å². The lowest BCUT2D eigenvalue weighted by atomic mass is 9.97. The second-order valence-corrected chi connectivity index (χ2v) is 7.66. The van der Waals surface area contributed by atoms with Gasteiger partial charge < -0.3 is 9.84 Å². The number of fused-ring (bicyclic) bond motifs is 1. The molecule has 7 heteroatoms. The number of hydrogen-bond acceptors (Lipinski definition) is 5. The highest BCUT2D eigenvalue weighted by atomic mass is 16.5. The van der Waals surface area contributed by atoms with Crippen molar-refractivity contribution in [3.63, 3.8) is 0 Å². The predicted molar refractivity (Wildman–Crippen MR) is 102 cm³/mol. The number of H-pyrrole nitrogens is 1. The SMILES string of the molecule is CC(C)(O)c1ccc(-c2cnc3[nH]c(=O)n(CC4CCOCC4)c3n2)cc1. The van der Waals surface area contributed by atoms with Gasteiger partial charge in [0.15, 0.2) is 11.3 Å². The van der Waals surface area contributed by atoms with Crippen molar-refractivity contribution in [1.82, 2.24) is 19.5 Å². The highest BCUT2D eigenvalue weighted by Gasteiger charge is 2.19. The van der Waals surface area contributed by atoms with Gasteiger partial charge in [-0.15, -0.1) is 0 Å². The first-order valence-electron chi connectivity index (χ1n) is 9.28. The summed E-state index contributed by atoms with van der Waals surface area (Å²) in [5.74, 6) is 0.409. The lowest BCUT2D eigenvalue weighted by Crippen LogP contribution is -2.26. The fourth-order valence-corrected chi connectivity index (χ4v) is 3.47. The molecule has 0 radical (unpaired) electrons. The average Bonchev–Trinajstić information content (AvgIpc) is 2.97. The third kappa shape index (κ3) is 3.65. The maximum atomic E-state index is 12.4. The lowest BCUT2D eigenvalue weighted by Gasteiger charge is -2.21. The molecular weight excluding hydrogens is 344 g/mol. The Labute approximate surface area is 157 Å².